The zero-order chi connectivity index (χ0) is 17.9. The fraction of sp³-hybridized carbons (Fsp3) is 0.556. The summed E-state index contributed by atoms with van der Waals surface area (Å²) in [7, 11) is 0. The summed E-state index contributed by atoms with van der Waals surface area (Å²) in [4.78, 5) is 23.4. The summed E-state index contributed by atoms with van der Waals surface area (Å²) in [6, 6.07) is 6.34. The van der Waals surface area contributed by atoms with Crippen LogP contribution in [0.15, 0.2) is 24.3 Å². The van der Waals surface area contributed by atoms with Gasteiger partial charge in [0, 0.05) is 18.9 Å². The lowest BCUT2D eigenvalue weighted by Gasteiger charge is -2.08. The number of aliphatic hydroxyl groups excluding tert-OH is 2. The van der Waals surface area contributed by atoms with E-state index in [0.29, 0.717) is 37.2 Å². The Morgan fingerprint density at radius 3 is 1.71 bits per heavy atom. The van der Waals surface area contributed by atoms with Gasteiger partial charge in [-0.3, -0.25) is 9.59 Å². The predicted molar refractivity (Wildman–Crippen MR) is 88.8 cm³/mol. The van der Waals surface area contributed by atoms with Crippen LogP contribution in [0.25, 0.3) is 0 Å². The molecule has 2 N–H and O–H groups in total. The molecule has 6 nitrogen and oxygen atoms in total. The van der Waals surface area contributed by atoms with Crippen LogP contribution in [-0.4, -0.2) is 34.4 Å². The molecule has 2 atom stereocenters. The molecule has 0 radical (unpaired) electrons. The molecule has 0 fully saturated rings. The Labute approximate surface area is 142 Å². The van der Waals surface area contributed by atoms with Crippen molar-refractivity contribution in [2.24, 2.45) is 0 Å². The number of ether oxygens (including phenoxy) is 2. The second kappa shape index (κ2) is 10.8. The lowest BCUT2D eigenvalue weighted by Crippen LogP contribution is -2.11. The van der Waals surface area contributed by atoms with Gasteiger partial charge in [0.15, 0.2) is 0 Å². The number of rotatable bonds is 10. The highest BCUT2D eigenvalue weighted by atomic mass is 16.5. The highest BCUT2D eigenvalue weighted by Gasteiger charge is 2.09. The predicted octanol–water partition coefficient (Wildman–Crippen LogP) is 2.60. The van der Waals surface area contributed by atoms with E-state index in [9.17, 15) is 9.59 Å². The Morgan fingerprint density at radius 1 is 0.917 bits per heavy atom. The van der Waals surface area contributed by atoms with Gasteiger partial charge in [0.05, 0.1) is 12.2 Å². The monoisotopic (exact) mass is 338 g/mol. The second-order valence-corrected chi connectivity index (χ2v) is 5.91. The third-order valence-corrected chi connectivity index (χ3v) is 3.27. The molecular formula is C18H26O6. The molecule has 0 bridgehead atoms. The Kier molecular flexibility index (Phi) is 9.04. The molecule has 0 aliphatic carbocycles. The fourth-order valence-electron chi connectivity index (χ4n) is 2.05. The number of carbonyl (C=O) groups excluding carboxylic acids is 2. The summed E-state index contributed by atoms with van der Waals surface area (Å²) in [6.45, 7) is 3.34. The van der Waals surface area contributed by atoms with E-state index in [4.69, 9.17) is 19.7 Å². The molecule has 134 valence electrons. The Hall–Kier alpha value is -1.92. The van der Waals surface area contributed by atoms with Crippen molar-refractivity contribution in [3.8, 4) is 11.5 Å². The minimum Gasteiger partial charge on any atom is -0.426 e. The summed E-state index contributed by atoms with van der Waals surface area (Å²) >= 11 is 0. The summed E-state index contributed by atoms with van der Waals surface area (Å²) < 4.78 is 10.4. The quantitative estimate of drug-likeness (QED) is 0.503. The van der Waals surface area contributed by atoms with Crippen molar-refractivity contribution in [3.05, 3.63) is 24.3 Å². The molecule has 0 spiro atoms. The fourth-order valence-corrected chi connectivity index (χ4v) is 2.05. The maximum absolute atomic E-state index is 11.7. The van der Waals surface area contributed by atoms with E-state index in [1.807, 2.05) is 0 Å². The van der Waals surface area contributed by atoms with Gasteiger partial charge in [-0.25, -0.2) is 0 Å². The zero-order valence-electron chi connectivity index (χ0n) is 14.2. The molecule has 0 aliphatic heterocycles. The first-order chi connectivity index (χ1) is 11.4. The Balaban J connectivity index is 2.42. The van der Waals surface area contributed by atoms with Gasteiger partial charge >= 0.3 is 11.9 Å². The number of esters is 2. The van der Waals surface area contributed by atoms with Crippen molar-refractivity contribution in [2.75, 3.05) is 0 Å². The number of aliphatic hydroxyl groups is 2. The summed E-state index contributed by atoms with van der Waals surface area (Å²) in [5.41, 5.74) is 0. The third kappa shape index (κ3) is 9.27. The molecule has 6 heteroatoms. The van der Waals surface area contributed by atoms with E-state index in [1.54, 1.807) is 32.0 Å². The van der Waals surface area contributed by atoms with E-state index in [0.717, 1.165) is 0 Å². The van der Waals surface area contributed by atoms with Gasteiger partial charge in [-0.15, -0.1) is 0 Å². The van der Waals surface area contributed by atoms with Crippen LogP contribution in [-0.2, 0) is 9.59 Å². The van der Waals surface area contributed by atoms with E-state index in [2.05, 4.69) is 0 Å². The first-order valence-corrected chi connectivity index (χ1v) is 8.24. The van der Waals surface area contributed by atoms with Crippen LogP contribution in [0.4, 0.5) is 0 Å². The molecule has 0 heterocycles. The molecule has 0 aliphatic rings. The number of benzene rings is 1. The number of carbonyl (C=O) groups is 2. The minimum atomic E-state index is -0.436. The van der Waals surface area contributed by atoms with Crippen molar-refractivity contribution in [1.82, 2.24) is 0 Å². The van der Waals surface area contributed by atoms with Crippen LogP contribution < -0.4 is 9.47 Å². The van der Waals surface area contributed by atoms with E-state index in [-0.39, 0.29) is 12.8 Å². The van der Waals surface area contributed by atoms with Crippen LogP contribution in [0.5, 0.6) is 11.5 Å². The average Bonchev–Trinajstić information content (AvgIpc) is 2.46. The van der Waals surface area contributed by atoms with Crippen LogP contribution >= 0.6 is 0 Å². The van der Waals surface area contributed by atoms with E-state index >= 15 is 0 Å². The summed E-state index contributed by atoms with van der Waals surface area (Å²) in [6.07, 6.45) is 1.74. The van der Waals surface area contributed by atoms with Crippen LogP contribution in [0.2, 0.25) is 0 Å². The van der Waals surface area contributed by atoms with Crippen molar-refractivity contribution in [1.29, 1.82) is 0 Å². The van der Waals surface area contributed by atoms with Crippen molar-refractivity contribution >= 4 is 11.9 Å². The molecule has 1 aromatic rings. The van der Waals surface area contributed by atoms with Gasteiger partial charge in [0.1, 0.15) is 11.5 Å². The lowest BCUT2D eigenvalue weighted by molar-refractivity contribution is -0.135. The van der Waals surface area contributed by atoms with Crippen molar-refractivity contribution in [3.63, 3.8) is 0 Å². The maximum atomic E-state index is 11.7. The summed E-state index contributed by atoms with van der Waals surface area (Å²) in [5, 5.41) is 18.3. The smallest absolute Gasteiger partial charge is 0.311 e. The molecule has 0 amide bonds. The number of hydrogen-bond donors (Lipinski definition) is 2. The normalized spacial score (nSPS) is 13.2. The SMILES string of the molecule is CC(O)CCCC(=O)Oc1cccc(OC(=O)CCCC(C)O)c1. The summed E-state index contributed by atoms with van der Waals surface area (Å²) in [5.74, 6) is -0.162. The molecule has 1 aromatic carbocycles. The molecule has 0 aromatic heterocycles. The van der Waals surface area contributed by atoms with Gasteiger partial charge in [-0.05, 0) is 51.7 Å². The molecule has 0 saturated carbocycles. The average molecular weight is 338 g/mol. The largest absolute Gasteiger partial charge is 0.426 e. The first kappa shape index (κ1) is 20.1. The van der Waals surface area contributed by atoms with Crippen LogP contribution in [0, 0.1) is 0 Å². The van der Waals surface area contributed by atoms with Crippen LogP contribution in [0.3, 0.4) is 0 Å². The topological polar surface area (TPSA) is 93.1 Å². The van der Waals surface area contributed by atoms with Crippen molar-refractivity contribution in [2.45, 2.75) is 64.6 Å². The Morgan fingerprint density at radius 2 is 1.33 bits per heavy atom. The second-order valence-electron chi connectivity index (χ2n) is 5.91. The first-order valence-electron chi connectivity index (χ1n) is 8.24. The van der Waals surface area contributed by atoms with Crippen molar-refractivity contribution < 1.29 is 29.3 Å². The molecule has 24 heavy (non-hydrogen) atoms. The number of hydrogen-bond acceptors (Lipinski definition) is 6. The minimum absolute atomic E-state index is 0.217. The highest BCUT2D eigenvalue weighted by Crippen LogP contribution is 2.21. The molecule has 1 rings (SSSR count). The zero-order valence-corrected chi connectivity index (χ0v) is 14.2. The molecule has 2 unspecified atom stereocenters. The standard InChI is InChI=1S/C18H26O6/c1-13(19)6-3-10-17(21)23-15-8-5-9-16(12-15)24-18(22)11-4-7-14(2)20/h5,8-9,12-14,19-20H,3-4,6-7,10-11H2,1-2H3. The maximum Gasteiger partial charge on any atom is 0.311 e. The molecular weight excluding hydrogens is 312 g/mol. The van der Waals surface area contributed by atoms with Gasteiger partial charge in [-0.2, -0.15) is 0 Å². The lowest BCUT2D eigenvalue weighted by atomic mass is 10.2. The van der Waals surface area contributed by atoms with E-state index in [1.165, 1.54) is 6.07 Å². The highest BCUT2D eigenvalue weighted by molar-refractivity contribution is 5.74. The van der Waals surface area contributed by atoms with Gasteiger partial charge in [-0.1, -0.05) is 6.07 Å². The van der Waals surface area contributed by atoms with E-state index < -0.39 is 24.1 Å². The van der Waals surface area contributed by atoms with Gasteiger partial charge in [0.2, 0.25) is 0 Å². The van der Waals surface area contributed by atoms with Gasteiger partial charge < -0.3 is 19.7 Å². The Bertz CT molecular complexity index is 481. The third-order valence-electron chi connectivity index (χ3n) is 3.27. The van der Waals surface area contributed by atoms with Crippen LogP contribution in [0.1, 0.15) is 52.4 Å². The van der Waals surface area contributed by atoms with Gasteiger partial charge in [0.25, 0.3) is 0 Å². The molecule has 0 saturated heterocycles.